The van der Waals surface area contributed by atoms with E-state index < -0.39 is 10.0 Å². The quantitative estimate of drug-likeness (QED) is 0.493. The van der Waals surface area contributed by atoms with E-state index >= 15 is 0 Å². The average molecular weight is 295 g/mol. The smallest absolute Gasteiger partial charge is 0.240 e. The van der Waals surface area contributed by atoms with Crippen molar-refractivity contribution < 1.29 is 13.2 Å². The molecule has 1 aromatic rings. The largest absolute Gasteiger partial charge is 0.325 e. The average Bonchev–Trinajstić information content (AvgIpc) is 2.39. The van der Waals surface area contributed by atoms with Crippen LogP contribution in [0.25, 0.3) is 0 Å². The molecular weight excluding hydrogens is 278 g/mol. The van der Waals surface area contributed by atoms with Gasteiger partial charge in [-0.1, -0.05) is 12.8 Å². The summed E-state index contributed by atoms with van der Waals surface area (Å²) in [7, 11) is -3.47. The van der Waals surface area contributed by atoms with Crippen LogP contribution in [0.5, 0.6) is 0 Å². The summed E-state index contributed by atoms with van der Waals surface area (Å²) in [6.07, 6.45) is 5.04. The van der Waals surface area contributed by atoms with Gasteiger partial charge in [0.15, 0.2) is 0 Å². The lowest BCUT2D eigenvalue weighted by molar-refractivity contribution is -0.115. The Morgan fingerprint density at radius 3 is 2.50 bits per heavy atom. The van der Waals surface area contributed by atoms with Gasteiger partial charge in [-0.15, -0.1) is 6.42 Å². The number of nitrogens with one attached hydrogen (secondary N) is 3. The molecule has 6 nitrogen and oxygen atoms in total. The second kappa shape index (κ2) is 7.65. The first-order chi connectivity index (χ1) is 9.49. The summed E-state index contributed by atoms with van der Waals surface area (Å²) >= 11 is 0. The fourth-order valence-electron chi connectivity index (χ4n) is 1.44. The summed E-state index contributed by atoms with van der Waals surface area (Å²) in [4.78, 5) is 11.7. The molecule has 20 heavy (non-hydrogen) atoms. The highest BCUT2D eigenvalue weighted by atomic mass is 32.2. The molecule has 1 amide bonds. The van der Waals surface area contributed by atoms with Gasteiger partial charge in [0.25, 0.3) is 0 Å². The summed E-state index contributed by atoms with van der Waals surface area (Å²) in [5.74, 6) is 2.11. The second-order valence-electron chi connectivity index (χ2n) is 3.88. The van der Waals surface area contributed by atoms with Crippen molar-refractivity contribution in [2.45, 2.75) is 11.8 Å². The van der Waals surface area contributed by atoms with Crippen molar-refractivity contribution >= 4 is 21.6 Å². The van der Waals surface area contributed by atoms with Gasteiger partial charge in [-0.3, -0.25) is 10.1 Å². The zero-order chi connectivity index (χ0) is 15.0. The number of terminal acetylenes is 1. The van der Waals surface area contributed by atoms with Crippen molar-refractivity contribution in [3.8, 4) is 12.3 Å². The maximum absolute atomic E-state index is 11.7. The number of hydrogen-bond acceptors (Lipinski definition) is 4. The lowest BCUT2D eigenvalue weighted by Crippen LogP contribution is -2.28. The van der Waals surface area contributed by atoms with Crippen molar-refractivity contribution in [2.75, 3.05) is 25.0 Å². The zero-order valence-electron chi connectivity index (χ0n) is 11.1. The van der Waals surface area contributed by atoms with E-state index in [1.807, 2.05) is 0 Å². The van der Waals surface area contributed by atoms with Crippen molar-refractivity contribution in [1.29, 1.82) is 0 Å². The highest BCUT2D eigenvalue weighted by Gasteiger charge is 2.12. The Morgan fingerprint density at radius 1 is 1.30 bits per heavy atom. The number of carbonyl (C=O) groups excluding carboxylic acids is 1. The normalized spacial score (nSPS) is 10.8. The van der Waals surface area contributed by atoms with Gasteiger partial charge in [0.1, 0.15) is 0 Å². The maximum Gasteiger partial charge on any atom is 0.240 e. The van der Waals surface area contributed by atoms with E-state index in [0.29, 0.717) is 18.8 Å². The summed E-state index contributed by atoms with van der Waals surface area (Å²) in [5, 5.41) is 5.38. The minimum atomic E-state index is -3.47. The third-order valence-corrected chi connectivity index (χ3v) is 3.86. The van der Waals surface area contributed by atoms with E-state index in [0.717, 1.165) is 0 Å². The van der Waals surface area contributed by atoms with Crippen molar-refractivity contribution in [2.24, 2.45) is 0 Å². The first-order valence-electron chi connectivity index (χ1n) is 6.03. The van der Waals surface area contributed by atoms with Gasteiger partial charge in [-0.05, 0) is 24.3 Å². The molecule has 0 saturated heterocycles. The minimum absolute atomic E-state index is 0.0988. The Balaban J connectivity index is 2.64. The van der Waals surface area contributed by atoms with E-state index in [-0.39, 0.29) is 17.3 Å². The Bertz CT molecular complexity index is 588. The van der Waals surface area contributed by atoms with Gasteiger partial charge in [-0.25, -0.2) is 13.1 Å². The zero-order valence-corrected chi connectivity index (χ0v) is 12.0. The molecule has 0 aromatic heterocycles. The molecule has 0 saturated carbocycles. The number of amides is 1. The van der Waals surface area contributed by atoms with Crippen molar-refractivity contribution in [1.82, 2.24) is 10.0 Å². The topological polar surface area (TPSA) is 87.3 Å². The van der Waals surface area contributed by atoms with E-state index in [4.69, 9.17) is 6.42 Å². The van der Waals surface area contributed by atoms with Gasteiger partial charge >= 0.3 is 0 Å². The molecule has 1 aromatic carbocycles. The fourth-order valence-corrected chi connectivity index (χ4v) is 2.49. The second-order valence-corrected chi connectivity index (χ2v) is 5.65. The van der Waals surface area contributed by atoms with Gasteiger partial charge in [0.2, 0.25) is 15.9 Å². The number of carbonyl (C=O) groups is 1. The highest BCUT2D eigenvalue weighted by molar-refractivity contribution is 7.89. The van der Waals surface area contributed by atoms with Crippen LogP contribution < -0.4 is 15.4 Å². The highest BCUT2D eigenvalue weighted by Crippen LogP contribution is 2.13. The lowest BCUT2D eigenvalue weighted by Gasteiger charge is -2.07. The molecule has 0 fully saturated rings. The Kier molecular flexibility index (Phi) is 6.18. The summed E-state index contributed by atoms with van der Waals surface area (Å²) in [6.45, 7) is 2.44. The predicted octanol–water partition coefficient (Wildman–Crippen LogP) is 0.146. The van der Waals surface area contributed by atoms with Crippen LogP contribution in [0.15, 0.2) is 29.2 Å². The monoisotopic (exact) mass is 295 g/mol. The Labute approximate surface area is 119 Å². The molecule has 0 spiro atoms. The number of sulfonamides is 1. The third-order valence-electron chi connectivity index (χ3n) is 2.30. The molecular formula is C13H17N3O3S. The number of rotatable bonds is 7. The van der Waals surface area contributed by atoms with Crippen LogP contribution in [-0.2, 0) is 14.8 Å². The number of hydrogen-bond donors (Lipinski definition) is 3. The van der Waals surface area contributed by atoms with Gasteiger partial charge < -0.3 is 5.32 Å². The first kappa shape index (κ1) is 16.2. The van der Waals surface area contributed by atoms with Crippen molar-refractivity contribution in [3.63, 3.8) is 0 Å². The van der Waals surface area contributed by atoms with E-state index in [9.17, 15) is 13.2 Å². The third kappa shape index (κ3) is 5.01. The predicted molar refractivity (Wildman–Crippen MR) is 77.6 cm³/mol. The fraction of sp³-hybridized carbons (Fsp3) is 0.308. The molecule has 0 bridgehead atoms. The maximum atomic E-state index is 11.7. The minimum Gasteiger partial charge on any atom is -0.325 e. The molecule has 1 rings (SSSR count). The van der Waals surface area contributed by atoms with E-state index in [1.165, 1.54) is 24.3 Å². The van der Waals surface area contributed by atoms with Gasteiger partial charge in [0, 0.05) is 12.2 Å². The summed E-state index contributed by atoms with van der Waals surface area (Å²) < 4.78 is 25.8. The molecule has 7 heteroatoms. The van der Waals surface area contributed by atoms with Gasteiger partial charge in [-0.2, -0.15) is 0 Å². The molecule has 0 atom stereocenters. The summed E-state index contributed by atoms with van der Waals surface area (Å²) in [5.41, 5.74) is 0.521. The van der Waals surface area contributed by atoms with Crippen LogP contribution in [0.2, 0.25) is 0 Å². The molecule has 3 N–H and O–H groups in total. The van der Waals surface area contributed by atoms with Crippen LogP contribution >= 0.6 is 0 Å². The van der Waals surface area contributed by atoms with Crippen LogP contribution in [0.1, 0.15) is 6.92 Å². The van der Waals surface area contributed by atoms with E-state index in [1.54, 1.807) is 6.92 Å². The lowest BCUT2D eigenvalue weighted by atomic mass is 10.3. The molecule has 0 aliphatic carbocycles. The van der Waals surface area contributed by atoms with Crippen LogP contribution in [-0.4, -0.2) is 34.0 Å². The van der Waals surface area contributed by atoms with Crippen molar-refractivity contribution in [3.05, 3.63) is 24.3 Å². The molecule has 108 valence electrons. The standard InChI is InChI=1S/C13H17N3O3S/c1-3-9-14-10-13(17)16-11-5-7-12(8-6-11)20(18,19)15-4-2/h1,5-8,14-15H,4,9-10H2,2H3,(H,16,17). The Morgan fingerprint density at radius 2 is 1.95 bits per heavy atom. The van der Waals surface area contributed by atoms with Gasteiger partial charge in [0.05, 0.1) is 18.0 Å². The van der Waals surface area contributed by atoms with Crippen LogP contribution in [0, 0.1) is 12.3 Å². The van der Waals surface area contributed by atoms with E-state index in [2.05, 4.69) is 21.3 Å². The number of benzene rings is 1. The first-order valence-corrected chi connectivity index (χ1v) is 7.51. The molecule has 0 heterocycles. The molecule has 0 radical (unpaired) electrons. The summed E-state index contributed by atoms with van der Waals surface area (Å²) in [6, 6.07) is 5.93. The Hall–Kier alpha value is -1.88. The molecule has 0 aliphatic heterocycles. The number of anilines is 1. The molecule has 0 unspecified atom stereocenters. The van der Waals surface area contributed by atoms with Crippen LogP contribution in [0.3, 0.4) is 0 Å². The van der Waals surface area contributed by atoms with Crippen LogP contribution in [0.4, 0.5) is 5.69 Å². The molecule has 0 aliphatic rings. The SMILES string of the molecule is C#CCNCC(=O)Nc1ccc(S(=O)(=O)NCC)cc1.